The highest BCUT2D eigenvalue weighted by atomic mass is 127. The summed E-state index contributed by atoms with van der Waals surface area (Å²) in [5, 5.41) is 4.50. The minimum atomic E-state index is -0.851. The van der Waals surface area contributed by atoms with Crippen molar-refractivity contribution in [3.63, 3.8) is 0 Å². The number of anilines is 1. The van der Waals surface area contributed by atoms with Gasteiger partial charge in [0.25, 0.3) is 11.8 Å². The normalized spacial score (nSPS) is 15.5. The standard InChI is InChI=1S/C30H21IN2O7/c1-37-26-13-18(12-23(31)27(26)38-15-17-6-7-19-4-2-3-5-20(19)10-17)11-22-28(34)32-30(36)33(29(22)35)21-8-9-24-25(14-21)40-16-39-24/h2-14H,15-16H2,1H3,(H,32,34,36)/b22-11+. The number of barbiturate groups is 1. The number of halogens is 1. The predicted molar refractivity (Wildman–Crippen MR) is 156 cm³/mol. The molecule has 2 aliphatic heterocycles. The third-order valence-electron chi connectivity index (χ3n) is 6.48. The number of imide groups is 2. The minimum absolute atomic E-state index is 0.0466. The molecular formula is C30H21IN2O7. The zero-order valence-corrected chi connectivity index (χ0v) is 23.3. The molecule has 0 aromatic heterocycles. The van der Waals surface area contributed by atoms with E-state index in [-0.39, 0.29) is 18.1 Å². The van der Waals surface area contributed by atoms with E-state index in [1.165, 1.54) is 19.3 Å². The number of hydrogen-bond donors (Lipinski definition) is 1. The number of nitrogens with one attached hydrogen (secondary N) is 1. The molecule has 1 fully saturated rings. The Morgan fingerprint density at radius 2 is 1.75 bits per heavy atom. The maximum absolute atomic E-state index is 13.4. The summed E-state index contributed by atoms with van der Waals surface area (Å²) in [5.41, 5.74) is 1.56. The van der Waals surface area contributed by atoms with Crippen LogP contribution in [-0.2, 0) is 16.2 Å². The Morgan fingerprint density at radius 3 is 2.58 bits per heavy atom. The number of rotatable bonds is 6. The number of hydrogen-bond acceptors (Lipinski definition) is 7. The molecule has 0 radical (unpaired) electrons. The average Bonchev–Trinajstić information content (AvgIpc) is 3.42. The second kappa shape index (κ2) is 10.5. The Bertz CT molecular complexity index is 1730. The molecule has 2 heterocycles. The van der Waals surface area contributed by atoms with Crippen LogP contribution in [-0.4, -0.2) is 31.7 Å². The summed E-state index contributed by atoms with van der Waals surface area (Å²) in [6.07, 6.45) is 1.42. The fourth-order valence-corrected chi connectivity index (χ4v) is 5.31. The molecule has 4 amide bonds. The van der Waals surface area contributed by atoms with Gasteiger partial charge in [-0.05, 0) is 80.9 Å². The molecule has 1 N–H and O–H groups in total. The minimum Gasteiger partial charge on any atom is -0.493 e. The number of fused-ring (bicyclic) bond motifs is 2. The van der Waals surface area contributed by atoms with Gasteiger partial charge in [0.2, 0.25) is 6.79 Å². The zero-order valence-electron chi connectivity index (χ0n) is 21.1. The quantitative estimate of drug-likeness (QED) is 0.169. The second-order valence-electron chi connectivity index (χ2n) is 9.00. The van der Waals surface area contributed by atoms with E-state index in [9.17, 15) is 14.4 Å². The molecular weight excluding hydrogens is 627 g/mol. The first-order chi connectivity index (χ1) is 19.4. The SMILES string of the molecule is COc1cc(/C=C2\C(=O)NC(=O)N(c3ccc4c(c3)OCO4)C2=O)cc(I)c1OCc1ccc2ccccc2c1. The maximum atomic E-state index is 13.4. The summed E-state index contributed by atoms with van der Waals surface area (Å²) < 4.78 is 23.1. The topological polar surface area (TPSA) is 103 Å². The van der Waals surface area contributed by atoms with E-state index in [1.807, 2.05) is 18.2 Å². The van der Waals surface area contributed by atoms with Crippen LogP contribution < -0.4 is 29.2 Å². The van der Waals surface area contributed by atoms with Gasteiger partial charge in [0.1, 0.15) is 12.2 Å². The van der Waals surface area contributed by atoms with Crippen molar-refractivity contribution in [2.24, 2.45) is 0 Å². The fourth-order valence-electron chi connectivity index (χ4n) is 4.53. The Balaban J connectivity index is 1.27. The first kappa shape index (κ1) is 25.7. The van der Waals surface area contributed by atoms with Crippen LogP contribution >= 0.6 is 22.6 Å². The average molecular weight is 648 g/mol. The summed E-state index contributed by atoms with van der Waals surface area (Å²) in [7, 11) is 1.52. The lowest BCUT2D eigenvalue weighted by atomic mass is 10.1. The van der Waals surface area contributed by atoms with Gasteiger partial charge in [-0.2, -0.15) is 0 Å². The lowest BCUT2D eigenvalue weighted by Gasteiger charge is -2.26. The molecule has 0 spiro atoms. The van der Waals surface area contributed by atoms with Gasteiger partial charge in [0, 0.05) is 6.07 Å². The van der Waals surface area contributed by atoms with Crippen LogP contribution in [0.4, 0.5) is 10.5 Å². The summed E-state index contributed by atoms with van der Waals surface area (Å²) in [5.74, 6) is 0.321. The first-order valence-electron chi connectivity index (χ1n) is 12.2. The van der Waals surface area contributed by atoms with Crippen LogP contribution in [0.15, 0.2) is 78.4 Å². The van der Waals surface area contributed by atoms with Crippen LogP contribution in [0.1, 0.15) is 11.1 Å². The molecule has 0 saturated carbocycles. The number of methoxy groups -OCH3 is 1. The van der Waals surface area contributed by atoms with Crippen molar-refractivity contribution in [3.05, 3.63) is 93.1 Å². The molecule has 4 aromatic carbocycles. The molecule has 10 heteroatoms. The lowest BCUT2D eigenvalue weighted by molar-refractivity contribution is -0.122. The van der Waals surface area contributed by atoms with E-state index in [0.29, 0.717) is 35.2 Å². The second-order valence-corrected chi connectivity index (χ2v) is 10.2. The summed E-state index contributed by atoms with van der Waals surface area (Å²) in [6, 6.07) is 21.5. The van der Waals surface area contributed by atoms with E-state index in [0.717, 1.165) is 24.8 Å². The van der Waals surface area contributed by atoms with E-state index < -0.39 is 17.8 Å². The number of urea groups is 1. The number of carbonyl (C=O) groups excluding carboxylic acids is 3. The van der Waals surface area contributed by atoms with Gasteiger partial charge in [0.15, 0.2) is 23.0 Å². The Hall–Kier alpha value is -4.58. The fraction of sp³-hybridized carbons (Fsp3) is 0.100. The van der Waals surface area contributed by atoms with Crippen LogP contribution in [0.5, 0.6) is 23.0 Å². The molecule has 0 atom stereocenters. The van der Waals surface area contributed by atoms with Crippen LogP contribution in [0.25, 0.3) is 16.8 Å². The van der Waals surface area contributed by atoms with Crippen molar-refractivity contribution in [2.75, 3.05) is 18.8 Å². The lowest BCUT2D eigenvalue weighted by Crippen LogP contribution is -2.54. The molecule has 9 nitrogen and oxygen atoms in total. The molecule has 1 saturated heterocycles. The van der Waals surface area contributed by atoms with E-state index in [4.69, 9.17) is 18.9 Å². The highest BCUT2D eigenvalue weighted by molar-refractivity contribution is 14.1. The number of benzene rings is 4. The molecule has 6 rings (SSSR count). The Kier molecular flexibility index (Phi) is 6.76. The van der Waals surface area contributed by atoms with Crippen molar-refractivity contribution in [2.45, 2.75) is 6.61 Å². The Labute approximate surface area is 242 Å². The molecule has 0 bridgehead atoms. The van der Waals surface area contributed by atoms with Crippen LogP contribution in [0.3, 0.4) is 0 Å². The monoisotopic (exact) mass is 648 g/mol. The molecule has 2 aliphatic rings. The van der Waals surface area contributed by atoms with Gasteiger partial charge < -0.3 is 18.9 Å². The van der Waals surface area contributed by atoms with Crippen molar-refractivity contribution < 1.29 is 33.3 Å². The third-order valence-corrected chi connectivity index (χ3v) is 7.28. The zero-order chi connectivity index (χ0) is 27.8. The number of nitrogens with zero attached hydrogens (tertiary/aromatic N) is 1. The van der Waals surface area contributed by atoms with Gasteiger partial charge >= 0.3 is 6.03 Å². The third kappa shape index (κ3) is 4.81. The van der Waals surface area contributed by atoms with E-state index in [2.05, 4.69) is 52.2 Å². The van der Waals surface area contributed by atoms with Gasteiger partial charge in [-0.25, -0.2) is 9.69 Å². The molecule has 0 aliphatic carbocycles. The number of ether oxygens (including phenoxy) is 4. The van der Waals surface area contributed by atoms with E-state index >= 15 is 0 Å². The molecule has 40 heavy (non-hydrogen) atoms. The molecule has 4 aromatic rings. The maximum Gasteiger partial charge on any atom is 0.335 e. The highest BCUT2D eigenvalue weighted by Gasteiger charge is 2.37. The number of amides is 4. The smallest absolute Gasteiger partial charge is 0.335 e. The highest BCUT2D eigenvalue weighted by Crippen LogP contribution is 2.38. The van der Waals surface area contributed by atoms with Crippen molar-refractivity contribution in [1.29, 1.82) is 0 Å². The molecule has 0 unspecified atom stereocenters. The Morgan fingerprint density at radius 1 is 0.950 bits per heavy atom. The van der Waals surface area contributed by atoms with Crippen molar-refractivity contribution in [1.82, 2.24) is 5.32 Å². The van der Waals surface area contributed by atoms with Crippen molar-refractivity contribution in [3.8, 4) is 23.0 Å². The summed E-state index contributed by atoms with van der Waals surface area (Å²) >= 11 is 2.12. The van der Waals surface area contributed by atoms with E-state index in [1.54, 1.807) is 24.3 Å². The molecule has 200 valence electrons. The summed E-state index contributed by atoms with van der Waals surface area (Å²) in [4.78, 5) is 39.5. The van der Waals surface area contributed by atoms with Crippen LogP contribution in [0, 0.1) is 3.57 Å². The summed E-state index contributed by atoms with van der Waals surface area (Å²) in [6.45, 7) is 0.371. The van der Waals surface area contributed by atoms with Gasteiger partial charge in [-0.1, -0.05) is 36.4 Å². The van der Waals surface area contributed by atoms with Gasteiger partial charge in [0.05, 0.1) is 16.4 Å². The first-order valence-corrected chi connectivity index (χ1v) is 13.3. The van der Waals surface area contributed by atoms with Crippen LogP contribution in [0.2, 0.25) is 0 Å². The van der Waals surface area contributed by atoms with Gasteiger partial charge in [-0.3, -0.25) is 14.9 Å². The largest absolute Gasteiger partial charge is 0.493 e. The predicted octanol–water partition coefficient (Wildman–Crippen LogP) is 5.43. The number of carbonyl (C=O) groups is 3. The van der Waals surface area contributed by atoms with Crippen molar-refractivity contribution >= 4 is 63.0 Å². The van der Waals surface area contributed by atoms with Gasteiger partial charge in [-0.15, -0.1) is 0 Å².